The van der Waals surface area contributed by atoms with Gasteiger partial charge in [0.1, 0.15) is 5.75 Å². The number of benzene rings is 1. The summed E-state index contributed by atoms with van der Waals surface area (Å²) in [5.74, 6) is 0.590. The summed E-state index contributed by atoms with van der Waals surface area (Å²) in [6.45, 7) is 8.25. The number of rotatable bonds is 4. The summed E-state index contributed by atoms with van der Waals surface area (Å²) in [7, 11) is 1.63. The molecular weight excluding hydrogens is 216 g/mol. The van der Waals surface area contributed by atoms with E-state index in [1.165, 1.54) is 5.56 Å². The Morgan fingerprint density at radius 1 is 1.24 bits per heavy atom. The molecule has 0 aliphatic heterocycles. The van der Waals surface area contributed by atoms with Crippen molar-refractivity contribution >= 4 is 5.97 Å². The van der Waals surface area contributed by atoms with Crippen molar-refractivity contribution in [2.75, 3.05) is 13.7 Å². The van der Waals surface area contributed by atoms with Crippen molar-refractivity contribution < 1.29 is 14.3 Å². The Bertz CT molecular complexity index is 422. The minimum Gasteiger partial charge on any atom is -0.496 e. The molecule has 0 bridgehead atoms. The topological polar surface area (TPSA) is 35.5 Å². The van der Waals surface area contributed by atoms with Crippen LogP contribution in [-0.2, 0) is 16.0 Å². The Kier molecular flexibility index (Phi) is 4.55. The summed E-state index contributed by atoms with van der Waals surface area (Å²) in [6, 6.07) is 2.08. The van der Waals surface area contributed by atoms with Crippen molar-refractivity contribution in [1.82, 2.24) is 0 Å². The largest absolute Gasteiger partial charge is 0.496 e. The van der Waals surface area contributed by atoms with E-state index < -0.39 is 0 Å². The molecule has 0 atom stereocenters. The van der Waals surface area contributed by atoms with Gasteiger partial charge in [-0.2, -0.15) is 0 Å². The lowest BCUT2D eigenvalue weighted by atomic mass is 9.97. The molecule has 3 nitrogen and oxygen atoms in total. The molecule has 1 aromatic rings. The molecule has 0 spiro atoms. The maximum absolute atomic E-state index is 11.6. The van der Waals surface area contributed by atoms with Crippen LogP contribution < -0.4 is 4.74 Å². The zero-order valence-electron chi connectivity index (χ0n) is 11.2. The lowest BCUT2D eigenvalue weighted by molar-refractivity contribution is -0.142. The van der Waals surface area contributed by atoms with Gasteiger partial charge in [0.15, 0.2) is 0 Å². The molecule has 0 saturated heterocycles. The number of hydrogen-bond donors (Lipinski definition) is 0. The molecule has 0 aliphatic rings. The average Bonchev–Trinajstić information content (AvgIpc) is 2.27. The molecular formula is C14H20O3. The molecule has 17 heavy (non-hydrogen) atoms. The third-order valence-electron chi connectivity index (χ3n) is 2.95. The third-order valence-corrected chi connectivity index (χ3v) is 2.95. The van der Waals surface area contributed by atoms with Crippen molar-refractivity contribution in [2.45, 2.75) is 34.1 Å². The van der Waals surface area contributed by atoms with E-state index >= 15 is 0 Å². The summed E-state index contributed by atoms with van der Waals surface area (Å²) in [5, 5.41) is 0. The molecule has 0 aliphatic carbocycles. The monoisotopic (exact) mass is 236 g/mol. The molecule has 1 rings (SSSR count). The predicted molar refractivity (Wildman–Crippen MR) is 67.5 cm³/mol. The van der Waals surface area contributed by atoms with Crippen LogP contribution in [0, 0.1) is 20.8 Å². The summed E-state index contributed by atoms with van der Waals surface area (Å²) in [4.78, 5) is 11.6. The summed E-state index contributed by atoms with van der Waals surface area (Å²) >= 11 is 0. The molecule has 0 N–H and O–H groups in total. The summed E-state index contributed by atoms with van der Waals surface area (Å²) in [6.07, 6.45) is 0.268. The van der Waals surface area contributed by atoms with Crippen LogP contribution in [0.4, 0.5) is 0 Å². The van der Waals surface area contributed by atoms with Gasteiger partial charge in [-0.25, -0.2) is 0 Å². The zero-order valence-corrected chi connectivity index (χ0v) is 11.2. The maximum Gasteiger partial charge on any atom is 0.310 e. The van der Waals surface area contributed by atoms with Gasteiger partial charge < -0.3 is 9.47 Å². The number of esters is 1. The van der Waals surface area contributed by atoms with E-state index in [0.717, 1.165) is 22.4 Å². The number of carbonyl (C=O) groups is 1. The second kappa shape index (κ2) is 5.71. The zero-order chi connectivity index (χ0) is 13.0. The normalized spacial score (nSPS) is 10.2. The van der Waals surface area contributed by atoms with Gasteiger partial charge in [-0.05, 0) is 44.4 Å². The Hall–Kier alpha value is -1.51. The van der Waals surface area contributed by atoms with Gasteiger partial charge >= 0.3 is 5.97 Å². The molecule has 0 unspecified atom stereocenters. The van der Waals surface area contributed by atoms with Crippen molar-refractivity contribution in [1.29, 1.82) is 0 Å². The Balaban J connectivity index is 3.14. The van der Waals surface area contributed by atoms with Gasteiger partial charge in [0.2, 0.25) is 0 Å². The van der Waals surface area contributed by atoms with Crippen molar-refractivity contribution in [2.24, 2.45) is 0 Å². The highest BCUT2D eigenvalue weighted by molar-refractivity contribution is 5.74. The van der Waals surface area contributed by atoms with Crippen LogP contribution in [-0.4, -0.2) is 19.7 Å². The highest BCUT2D eigenvalue weighted by atomic mass is 16.5. The highest BCUT2D eigenvalue weighted by Gasteiger charge is 2.15. The first-order valence-corrected chi connectivity index (χ1v) is 5.80. The van der Waals surface area contributed by atoms with E-state index in [-0.39, 0.29) is 12.4 Å². The minimum atomic E-state index is -0.211. The SMILES string of the molecule is CCOC(=O)Cc1c(C)cc(C)c(C)c1OC. The predicted octanol–water partition coefficient (Wildman–Crippen LogP) is 2.73. The summed E-state index contributed by atoms with van der Waals surface area (Å²) in [5.41, 5.74) is 4.25. The number of methoxy groups -OCH3 is 1. The van der Waals surface area contributed by atoms with E-state index in [1.54, 1.807) is 7.11 Å². The van der Waals surface area contributed by atoms with Gasteiger partial charge in [-0.3, -0.25) is 4.79 Å². The molecule has 0 aromatic heterocycles. The molecule has 94 valence electrons. The van der Waals surface area contributed by atoms with Gasteiger partial charge in [0, 0.05) is 5.56 Å². The fraction of sp³-hybridized carbons (Fsp3) is 0.500. The van der Waals surface area contributed by atoms with E-state index in [0.29, 0.717) is 6.61 Å². The molecule has 0 amide bonds. The highest BCUT2D eigenvalue weighted by Crippen LogP contribution is 2.29. The molecule has 0 fully saturated rings. The van der Waals surface area contributed by atoms with E-state index in [9.17, 15) is 4.79 Å². The third kappa shape index (κ3) is 2.99. The van der Waals surface area contributed by atoms with Crippen LogP contribution in [0.5, 0.6) is 5.75 Å². The van der Waals surface area contributed by atoms with Crippen LogP contribution in [0.3, 0.4) is 0 Å². The Morgan fingerprint density at radius 2 is 1.88 bits per heavy atom. The van der Waals surface area contributed by atoms with Crippen LogP contribution in [0.1, 0.15) is 29.2 Å². The maximum atomic E-state index is 11.6. The summed E-state index contributed by atoms with van der Waals surface area (Å²) < 4.78 is 10.4. The lowest BCUT2D eigenvalue weighted by Crippen LogP contribution is -2.10. The standard InChI is InChI=1S/C14H20O3/c1-6-17-13(15)8-12-10(3)7-9(2)11(4)14(12)16-5/h7H,6,8H2,1-5H3. The Morgan fingerprint density at radius 3 is 2.41 bits per heavy atom. The van der Waals surface area contributed by atoms with Crippen LogP contribution in [0.25, 0.3) is 0 Å². The van der Waals surface area contributed by atoms with Gasteiger partial charge in [0.25, 0.3) is 0 Å². The Labute approximate surface area is 103 Å². The van der Waals surface area contributed by atoms with Gasteiger partial charge in [0.05, 0.1) is 20.1 Å². The van der Waals surface area contributed by atoms with E-state index in [1.807, 2.05) is 27.7 Å². The van der Waals surface area contributed by atoms with Crippen LogP contribution >= 0.6 is 0 Å². The number of carbonyl (C=O) groups excluding carboxylic acids is 1. The van der Waals surface area contributed by atoms with Crippen LogP contribution in [0.2, 0.25) is 0 Å². The van der Waals surface area contributed by atoms with Gasteiger partial charge in [-0.1, -0.05) is 6.07 Å². The van der Waals surface area contributed by atoms with E-state index in [2.05, 4.69) is 6.07 Å². The molecule has 0 radical (unpaired) electrons. The van der Waals surface area contributed by atoms with E-state index in [4.69, 9.17) is 9.47 Å². The number of aryl methyl sites for hydroxylation is 2. The number of ether oxygens (including phenoxy) is 2. The molecule has 1 aromatic carbocycles. The quantitative estimate of drug-likeness (QED) is 0.754. The first-order valence-electron chi connectivity index (χ1n) is 5.80. The van der Waals surface area contributed by atoms with Crippen LogP contribution in [0.15, 0.2) is 6.07 Å². The second-order valence-corrected chi connectivity index (χ2v) is 4.13. The smallest absolute Gasteiger partial charge is 0.310 e. The average molecular weight is 236 g/mol. The first-order chi connectivity index (χ1) is 8.01. The first kappa shape index (κ1) is 13.6. The fourth-order valence-electron chi connectivity index (χ4n) is 1.96. The van der Waals surface area contributed by atoms with Crippen molar-refractivity contribution in [3.63, 3.8) is 0 Å². The lowest BCUT2D eigenvalue weighted by Gasteiger charge is -2.16. The number of hydrogen-bond acceptors (Lipinski definition) is 3. The van der Waals surface area contributed by atoms with Gasteiger partial charge in [-0.15, -0.1) is 0 Å². The molecule has 0 heterocycles. The van der Waals surface area contributed by atoms with Crippen molar-refractivity contribution in [3.8, 4) is 5.75 Å². The minimum absolute atomic E-state index is 0.211. The fourth-order valence-corrected chi connectivity index (χ4v) is 1.96. The molecule has 0 saturated carbocycles. The van der Waals surface area contributed by atoms with Crippen molar-refractivity contribution in [3.05, 3.63) is 28.3 Å². The second-order valence-electron chi connectivity index (χ2n) is 4.13. The molecule has 3 heteroatoms.